The molecule has 0 atom stereocenters. The van der Waals surface area contributed by atoms with Gasteiger partial charge in [0, 0.05) is 31.1 Å². The summed E-state index contributed by atoms with van der Waals surface area (Å²) >= 11 is 0. The minimum Gasteiger partial charge on any atom is -0.453 e. The highest BCUT2D eigenvalue weighted by Gasteiger charge is 2.12. The van der Waals surface area contributed by atoms with E-state index >= 15 is 0 Å². The Kier molecular flexibility index (Phi) is 6.84. The minimum absolute atomic E-state index is 0.394. The lowest BCUT2D eigenvalue weighted by Crippen LogP contribution is -2.36. The first-order valence-corrected chi connectivity index (χ1v) is 10.5. The number of methoxy groups -OCH3 is 1. The number of amides is 1. The van der Waals surface area contributed by atoms with Crippen molar-refractivity contribution in [1.29, 1.82) is 0 Å². The van der Waals surface area contributed by atoms with Crippen LogP contribution in [0.15, 0.2) is 30.5 Å². The van der Waals surface area contributed by atoms with E-state index in [4.69, 9.17) is 10.5 Å². The highest BCUT2D eigenvalue weighted by molar-refractivity contribution is 5.96. The molecule has 0 saturated carbocycles. The summed E-state index contributed by atoms with van der Waals surface area (Å²) in [4.78, 5) is 18.1. The van der Waals surface area contributed by atoms with E-state index < -0.39 is 6.09 Å². The first kappa shape index (κ1) is 21.6. The average molecular weight is 435 g/mol. The maximum absolute atomic E-state index is 11.5. The highest BCUT2D eigenvalue weighted by Crippen LogP contribution is 2.30. The largest absolute Gasteiger partial charge is 0.453 e. The molecule has 4 N–H and O–H groups in total. The Morgan fingerprint density at radius 1 is 1.31 bits per heavy atom. The number of carbonyl (C=O) groups excluding carboxylic acids is 1. The molecule has 9 heteroatoms. The van der Waals surface area contributed by atoms with Crippen molar-refractivity contribution in [1.82, 2.24) is 20.1 Å². The fourth-order valence-corrected chi connectivity index (χ4v) is 3.61. The number of nitrogen functional groups attached to an aromatic ring is 1. The molecule has 1 fully saturated rings. The number of rotatable bonds is 5. The number of aromatic nitrogens is 3. The Labute approximate surface area is 186 Å². The molecule has 1 saturated heterocycles. The van der Waals surface area contributed by atoms with E-state index in [0.717, 1.165) is 73.3 Å². The number of pyridine rings is 1. The van der Waals surface area contributed by atoms with Gasteiger partial charge in [-0.2, -0.15) is 5.10 Å². The number of nitrogens with one attached hydrogen (secondary N) is 2. The van der Waals surface area contributed by atoms with Gasteiger partial charge in [-0.1, -0.05) is 11.8 Å². The van der Waals surface area contributed by atoms with E-state index in [2.05, 4.69) is 42.0 Å². The van der Waals surface area contributed by atoms with Crippen molar-refractivity contribution < 1.29 is 14.3 Å². The zero-order valence-electron chi connectivity index (χ0n) is 18.0. The first-order valence-electron chi connectivity index (χ1n) is 10.5. The number of fused-ring (bicyclic) bond motifs is 1. The number of H-pyrrole nitrogens is 1. The van der Waals surface area contributed by atoms with E-state index in [1.807, 2.05) is 18.2 Å². The van der Waals surface area contributed by atoms with Gasteiger partial charge in [-0.25, -0.2) is 9.78 Å². The van der Waals surface area contributed by atoms with Gasteiger partial charge < -0.3 is 15.2 Å². The monoisotopic (exact) mass is 434 g/mol. The van der Waals surface area contributed by atoms with Crippen molar-refractivity contribution in [3.8, 4) is 23.0 Å². The Hall–Kier alpha value is -3.61. The summed E-state index contributed by atoms with van der Waals surface area (Å²) < 4.78 is 10.0. The summed E-state index contributed by atoms with van der Waals surface area (Å²) in [5, 5.41) is 10.5. The smallest absolute Gasteiger partial charge is 0.412 e. The van der Waals surface area contributed by atoms with Gasteiger partial charge in [0.25, 0.3) is 0 Å². The SMILES string of the molecule is COC(=O)Nc1cc(-c2cc(C#CCCCN3CCOCC3)c3[nH]nc(N)c3c2)ccn1. The number of aromatic amines is 1. The second-order valence-corrected chi connectivity index (χ2v) is 7.46. The summed E-state index contributed by atoms with van der Waals surface area (Å²) in [6.07, 6.45) is 2.86. The number of anilines is 2. The molecule has 0 aliphatic carbocycles. The van der Waals surface area contributed by atoms with E-state index in [1.54, 1.807) is 12.3 Å². The first-order chi connectivity index (χ1) is 15.6. The summed E-state index contributed by atoms with van der Waals surface area (Å²) in [6.45, 7) is 4.62. The Morgan fingerprint density at radius 3 is 2.97 bits per heavy atom. The molecule has 0 unspecified atom stereocenters. The lowest BCUT2D eigenvalue weighted by atomic mass is 10.0. The molecule has 2 aromatic heterocycles. The Balaban J connectivity index is 1.55. The van der Waals surface area contributed by atoms with Gasteiger partial charge in [0.15, 0.2) is 5.82 Å². The van der Waals surface area contributed by atoms with Gasteiger partial charge in [-0.15, -0.1) is 0 Å². The Morgan fingerprint density at radius 2 is 2.16 bits per heavy atom. The molecule has 0 spiro atoms. The summed E-state index contributed by atoms with van der Waals surface area (Å²) in [7, 11) is 1.31. The van der Waals surface area contributed by atoms with Crippen LogP contribution in [0, 0.1) is 11.8 Å². The van der Waals surface area contributed by atoms with Gasteiger partial charge >= 0.3 is 6.09 Å². The predicted molar refractivity (Wildman–Crippen MR) is 123 cm³/mol. The van der Waals surface area contributed by atoms with Crippen LogP contribution in [0.3, 0.4) is 0 Å². The lowest BCUT2D eigenvalue weighted by molar-refractivity contribution is 0.0376. The van der Waals surface area contributed by atoms with Gasteiger partial charge in [0.05, 0.1) is 31.4 Å². The zero-order chi connectivity index (χ0) is 22.3. The van der Waals surface area contributed by atoms with Crippen LogP contribution in [0.5, 0.6) is 0 Å². The van der Waals surface area contributed by atoms with Crippen molar-refractivity contribution in [2.75, 3.05) is 51.0 Å². The molecule has 0 radical (unpaired) electrons. The van der Waals surface area contributed by atoms with Crippen LogP contribution in [-0.2, 0) is 9.47 Å². The van der Waals surface area contributed by atoms with Crippen molar-refractivity contribution >= 4 is 28.6 Å². The predicted octanol–water partition coefficient (Wildman–Crippen LogP) is 2.85. The van der Waals surface area contributed by atoms with Crippen LogP contribution < -0.4 is 11.1 Å². The number of nitrogens with zero attached hydrogens (tertiary/aromatic N) is 3. The lowest BCUT2D eigenvalue weighted by Gasteiger charge is -2.26. The highest BCUT2D eigenvalue weighted by atomic mass is 16.5. The van der Waals surface area contributed by atoms with Gasteiger partial charge in [0.2, 0.25) is 0 Å². The molecular formula is C23H26N6O3. The molecule has 1 amide bonds. The third-order valence-electron chi connectivity index (χ3n) is 5.31. The van der Waals surface area contributed by atoms with Crippen LogP contribution in [0.25, 0.3) is 22.0 Å². The summed E-state index contributed by atoms with van der Waals surface area (Å²) in [5.41, 5.74) is 9.48. The third kappa shape index (κ3) is 5.17. The van der Waals surface area contributed by atoms with Crippen molar-refractivity contribution in [3.63, 3.8) is 0 Å². The zero-order valence-corrected chi connectivity index (χ0v) is 18.0. The van der Waals surface area contributed by atoms with Crippen LogP contribution >= 0.6 is 0 Å². The number of carbonyl (C=O) groups is 1. The van der Waals surface area contributed by atoms with Crippen molar-refractivity contribution in [3.05, 3.63) is 36.0 Å². The molecule has 1 aliphatic rings. The average Bonchev–Trinajstić information content (AvgIpc) is 3.20. The summed E-state index contributed by atoms with van der Waals surface area (Å²) in [6, 6.07) is 7.58. The molecule has 0 bridgehead atoms. The topological polar surface area (TPSA) is 118 Å². The van der Waals surface area contributed by atoms with Gasteiger partial charge in [0.1, 0.15) is 5.82 Å². The molecule has 3 aromatic rings. The maximum Gasteiger partial charge on any atom is 0.412 e. The molecular weight excluding hydrogens is 408 g/mol. The van der Waals surface area contributed by atoms with Crippen molar-refractivity contribution in [2.45, 2.75) is 12.8 Å². The third-order valence-corrected chi connectivity index (χ3v) is 5.31. The van der Waals surface area contributed by atoms with Crippen molar-refractivity contribution in [2.24, 2.45) is 0 Å². The molecule has 166 valence electrons. The summed E-state index contributed by atoms with van der Waals surface area (Å²) in [5.74, 6) is 7.37. The fraction of sp³-hybridized carbons (Fsp3) is 0.348. The number of nitrogens with two attached hydrogens (primary N) is 1. The number of benzene rings is 1. The number of hydrogen-bond donors (Lipinski definition) is 3. The van der Waals surface area contributed by atoms with Crippen LogP contribution in [0.1, 0.15) is 18.4 Å². The second kappa shape index (κ2) is 10.1. The number of unbranched alkanes of at least 4 members (excludes halogenated alkanes) is 1. The molecule has 32 heavy (non-hydrogen) atoms. The van der Waals surface area contributed by atoms with Gasteiger partial charge in [-0.05, 0) is 48.4 Å². The van der Waals surface area contributed by atoms with Crippen LogP contribution in [0.4, 0.5) is 16.4 Å². The second-order valence-electron chi connectivity index (χ2n) is 7.46. The molecule has 4 rings (SSSR count). The minimum atomic E-state index is -0.576. The Bertz CT molecular complexity index is 1160. The molecule has 1 aliphatic heterocycles. The standard InChI is InChI=1S/C23H26N6O3/c1-31-23(30)26-20-15-16(6-7-25-20)18-13-17(21-19(14-18)22(24)28-27-21)5-3-2-4-8-29-9-11-32-12-10-29/h6-7,13-15H,2,4,8-12H2,1H3,(H3,24,27,28)(H,25,26,30). The maximum atomic E-state index is 11.5. The number of morpholine rings is 1. The van der Waals surface area contributed by atoms with E-state index in [1.165, 1.54) is 7.11 Å². The normalized spacial score (nSPS) is 14.0. The van der Waals surface area contributed by atoms with Crippen LogP contribution in [0.2, 0.25) is 0 Å². The van der Waals surface area contributed by atoms with E-state index in [9.17, 15) is 4.79 Å². The number of ether oxygens (including phenoxy) is 2. The molecule has 3 heterocycles. The van der Waals surface area contributed by atoms with E-state index in [-0.39, 0.29) is 0 Å². The van der Waals surface area contributed by atoms with E-state index in [0.29, 0.717) is 11.6 Å². The fourth-order valence-electron chi connectivity index (χ4n) is 3.61. The van der Waals surface area contributed by atoms with Gasteiger partial charge in [-0.3, -0.25) is 15.3 Å². The molecule has 9 nitrogen and oxygen atoms in total. The quantitative estimate of drug-likeness (QED) is 0.417. The number of hydrogen-bond acceptors (Lipinski definition) is 7. The van der Waals surface area contributed by atoms with Crippen LogP contribution in [-0.4, -0.2) is 66.1 Å². The molecule has 1 aromatic carbocycles.